The first-order valence-corrected chi connectivity index (χ1v) is 13.8. The minimum Gasteiger partial charge on any atom is -0.497 e. The number of aromatic nitrogens is 2. The number of hydrogen-bond donors (Lipinski definition) is 2. The van der Waals surface area contributed by atoms with Crippen LogP contribution in [-0.2, 0) is 11.3 Å². The molecule has 0 saturated heterocycles. The maximum absolute atomic E-state index is 11.4. The van der Waals surface area contributed by atoms with E-state index in [2.05, 4.69) is 40.3 Å². The number of nitrogens with one attached hydrogen (secondary N) is 2. The molecule has 3 aromatic carbocycles. The largest absolute Gasteiger partial charge is 0.497 e. The lowest BCUT2D eigenvalue weighted by atomic mass is 10.1. The van der Waals surface area contributed by atoms with Crippen molar-refractivity contribution in [3.05, 3.63) is 95.2 Å². The van der Waals surface area contributed by atoms with E-state index in [0.29, 0.717) is 17.8 Å². The van der Waals surface area contributed by atoms with Gasteiger partial charge in [0.25, 0.3) is 0 Å². The minimum atomic E-state index is 0.587. The highest BCUT2D eigenvalue weighted by Crippen LogP contribution is 2.24. The molecule has 0 amide bonds. The Bertz CT molecular complexity index is 1320. The first kappa shape index (κ1) is 30.0. The quantitative estimate of drug-likeness (QED) is 0.121. The topological polar surface area (TPSA) is 77.4 Å². The first-order chi connectivity index (χ1) is 19.0. The van der Waals surface area contributed by atoms with Gasteiger partial charge >= 0.3 is 0 Å². The summed E-state index contributed by atoms with van der Waals surface area (Å²) in [5.41, 5.74) is 6.92. The van der Waals surface area contributed by atoms with Crippen LogP contribution in [0, 0.1) is 13.8 Å². The van der Waals surface area contributed by atoms with Gasteiger partial charge in [-0.25, -0.2) is 0 Å². The molecule has 4 aromatic rings. The molecule has 0 atom stereocenters. The Morgan fingerprint density at radius 2 is 1.85 bits per heavy atom. The lowest BCUT2D eigenvalue weighted by Crippen LogP contribution is -2.12. The van der Waals surface area contributed by atoms with Crippen LogP contribution < -0.4 is 14.8 Å². The number of anilines is 1. The van der Waals surface area contributed by atoms with E-state index in [0.717, 1.165) is 48.6 Å². The van der Waals surface area contributed by atoms with Gasteiger partial charge < -0.3 is 14.8 Å². The van der Waals surface area contributed by atoms with Gasteiger partial charge in [-0.05, 0) is 68.1 Å². The molecule has 0 radical (unpaired) electrons. The second-order valence-electron chi connectivity index (χ2n) is 8.89. The SMILES string of the molecule is CCOCCNSc1cc(NC)ccc1C.COc1cccc(Cn2cc(C=O)c(-c3ccc(C)cc3)n2)c1. The smallest absolute Gasteiger partial charge is 0.153 e. The third-order valence-corrected chi connectivity index (χ3v) is 6.94. The molecule has 0 spiro atoms. The second kappa shape index (κ2) is 15.7. The van der Waals surface area contributed by atoms with Gasteiger partial charge in [-0.15, -0.1) is 0 Å². The van der Waals surface area contributed by atoms with E-state index in [4.69, 9.17) is 9.47 Å². The van der Waals surface area contributed by atoms with Crippen LogP contribution in [0.3, 0.4) is 0 Å². The molecule has 39 heavy (non-hydrogen) atoms. The number of aryl methyl sites for hydroxylation is 2. The molecule has 0 unspecified atom stereocenters. The van der Waals surface area contributed by atoms with Crippen LogP contribution in [0.2, 0.25) is 0 Å². The Morgan fingerprint density at radius 1 is 1.05 bits per heavy atom. The molecule has 7 nitrogen and oxygen atoms in total. The summed E-state index contributed by atoms with van der Waals surface area (Å²) in [7, 11) is 3.58. The van der Waals surface area contributed by atoms with Gasteiger partial charge in [0, 0.05) is 42.5 Å². The monoisotopic (exact) mass is 546 g/mol. The van der Waals surface area contributed by atoms with E-state index >= 15 is 0 Å². The highest BCUT2D eigenvalue weighted by Gasteiger charge is 2.11. The average molecular weight is 547 g/mol. The van der Waals surface area contributed by atoms with Gasteiger partial charge in [-0.2, -0.15) is 5.10 Å². The van der Waals surface area contributed by atoms with E-state index in [1.807, 2.05) is 69.4 Å². The van der Waals surface area contributed by atoms with Crippen LogP contribution in [0.5, 0.6) is 5.75 Å². The molecule has 2 N–H and O–H groups in total. The van der Waals surface area contributed by atoms with E-state index in [1.54, 1.807) is 29.9 Å². The summed E-state index contributed by atoms with van der Waals surface area (Å²) in [6.45, 7) is 9.14. The summed E-state index contributed by atoms with van der Waals surface area (Å²) in [6.07, 6.45) is 2.63. The van der Waals surface area contributed by atoms with Gasteiger partial charge in [0.05, 0.1) is 25.8 Å². The standard InChI is InChI=1S/C19H18N2O2.C12H20N2OS/c1-14-6-8-16(9-7-14)19-17(13-22)12-21(20-19)11-15-4-3-5-18(10-15)23-2;1-4-15-8-7-14-16-12-9-11(13-3)6-5-10(12)2/h3-10,12-13H,11H2,1-2H3;5-6,9,13-14H,4,7-8H2,1-3H3. The van der Waals surface area contributed by atoms with Crippen LogP contribution in [0.25, 0.3) is 11.3 Å². The van der Waals surface area contributed by atoms with E-state index in [1.165, 1.54) is 16.0 Å². The Balaban J connectivity index is 0.000000231. The molecule has 0 aliphatic carbocycles. The van der Waals surface area contributed by atoms with Crippen molar-refractivity contribution in [2.24, 2.45) is 0 Å². The number of aldehydes is 1. The molecule has 0 bridgehead atoms. The number of nitrogens with zero attached hydrogens (tertiary/aromatic N) is 2. The molecular weight excluding hydrogens is 508 g/mol. The van der Waals surface area contributed by atoms with Crippen LogP contribution in [-0.4, -0.2) is 50.0 Å². The first-order valence-electron chi connectivity index (χ1n) is 13.0. The lowest BCUT2D eigenvalue weighted by molar-refractivity contribution is 0.112. The number of benzene rings is 3. The Hall–Kier alpha value is -3.59. The number of rotatable bonds is 12. The zero-order valence-electron chi connectivity index (χ0n) is 23.4. The third kappa shape index (κ3) is 9.28. The summed E-state index contributed by atoms with van der Waals surface area (Å²) in [5.74, 6) is 0.809. The van der Waals surface area contributed by atoms with Crippen LogP contribution in [0.15, 0.2) is 77.8 Å². The lowest BCUT2D eigenvalue weighted by Gasteiger charge is -2.09. The van der Waals surface area contributed by atoms with Crippen LogP contribution in [0.1, 0.15) is 34.0 Å². The number of hydrogen-bond acceptors (Lipinski definition) is 7. The fourth-order valence-corrected chi connectivity index (χ4v) is 4.51. The summed E-state index contributed by atoms with van der Waals surface area (Å²) < 4.78 is 15.6. The minimum absolute atomic E-state index is 0.587. The van der Waals surface area contributed by atoms with Crippen molar-refractivity contribution in [1.29, 1.82) is 0 Å². The number of carbonyl (C=O) groups is 1. The van der Waals surface area contributed by atoms with Gasteiger partial charge in [0.2, 0.25) is 0 Å². The van der Waals surface area contributed by atoms with Crippen LogP contribution >= 0.6 is 11.9 Å². The molecule has 1 heterocycles. The fraction of sp³-hybridized carbons (Fsp3) is 0.290. The zero-order chi connectivity index (χ0) is 28.0. The average Bonchev–Trinajstić information content (AvgIpc) is 3.37. The summed E-state index contributed by atoms with van der Waals surface area (Å²) >= 11 is 1.66. The normalized spacial score (nSPS) is 10.5. The molecular formula is C31H38N4O3S. The predicted molar refractivity (Wildman–Crippen MR) is 161 cm³/mol. The van der Waals surface area contributed by atoms with E-state index in [-0.39, 0.29) is 0 Å². The van der Waals surface area contributed by atoms with Crippen molar-refractivity contribution < 1.29 is 14.3 Å². The summed E-state index contributed by atoms with van der Waals surface area (Å²) in [5, 5.41) is 7.72. The van der Waals surface area contributed by atoms with E-state index < -0.39 is 0 Å². The molecule has 0 saturated carbocycles. The molecule has 0 aliphatic rings. The molecule has 1 aromatic heterocycles. The third-order valence-electron chi connectivity index (χ3n) is 5.93. The van der Waals surface area contributed by atoms with Crippen molar-refractivity contribution in [1.82, 2.24) is 14.5 Å². The summed E-state index contributed by atoms with van der Waals surface area (Å²) in [4.78, 5) is 12.6. The van der Waals surface area contributed by atoms with Gasteiger partial charge in [0.15, 0.2) is 6.29 Å². The molecule has 0 aliphatic heterocycles. The molecule has 8 heteroatoms. The Kier molecular flexibility index (Phi) is 12.1. The highest BCUT2D eigenvalue weighted by molar-refractivity contribution is 7.97. The van der Waals surface area contributed by atoms with Crippen molar-refractivity contribution in [3.63, 3.8) is 0 Å². The number of methoxy groups -OCH3 is 1. The maximum atomic E-state index is 11.4. The zero-order valence-corrected chi connectivity index (χ0v) is 24.2. The molecule has 0 fully saturated rings. The molecule has 206 valence electrons. The van der Waals surface area contributed by atoms with E-state index in [9.17, 15) is 4.79 Å². The number of carbonyl (C=O) groups excluding carboxylic acids is 1. The maximum Gasteiger partial charge on any atom is 0.153 e. The van der Waals surface area contributed by atoms with Gasteiger partial charge in [-0.3, -0.25) is 14.2 Å². The Labute approximate surface area is 236 Å². The van der Waals surface area contributed by atoms with Crippen molar-refractivity contribution in [2.45, 2.75) is 32.2 Å². The molecule has 4 rings (SSSR count). The Morgan fingerprint density at radius 3 is 2.54 bits per heavy atom. The number of ether oxygens (including phenoxy) is 2. The van der Waals surface area contributed by atoms with Crippen molar-refractivity contribution >= 4 is 23.9 Å². The van der Waals surface area contributed by atoms with Gasteiger partial charge in [0.1, 0.15) is 11.4 Å². The predicted octanol–water partition coefficient (Wildman–Crippen LogP) is 6.40. The highest BCUT2D eigenvalue weighted by atomic mass is 32.2. The van der Waals surface area contributed by atoms with Crippen molar-refractivity contribution in [3.8, 4) is 17.0 Å². The van der Waals surface area contributed by atoms with Crippen molar-refractivity contribution in [2.75, 3.05) is 39.2 Å². The van der Waals surface area contributed by atoms with Gasteiger partial charge in [-0.1, -0.05) is 48.0 Å². The fourth-order valence-electron chi connectivity index (χ4n) is 3.75. The van der Waals surface area contributed by atoms with Crippen LogP contribution in [0.4, 0.5) is 5.69 Å². The second-order valence-corrected chi connectivity index (χ2v) is 9.82. The summed E-state index contributed by atoms with van der Waals surface area (Å²) in [6, 6.07) is 22.2.